The van der Waals surface area contributed by atoms with Crippen LogP contribution in [0.5, 0.6) is 0 Å². The first kappa shape index (κ1) is 10.8. The zero-order chi connectivity index (χ0) is 12.9. The van der Waals surface area contributed by atoms with E-state index >= 15 is 0 Å². The molecule has 0 atom stereocenters. The summed E-state index contributed by atoms with van der Waals surface area (Å²) in [5.74, 6) is 0.422. The van der Waals surface area contributed by atoms with Crippen LogP contribution in [0.1, 0.15) is 6.92 Å². The molecule has 8 nitrogen and oxygen atoms in total. The second-order valence-corrected chi connectivity index (χ2v) is 4.57. The van der Waals surface area contributed by atoms with Crippen LogP contribution in [0.15, 0.2) is 6.33 Å². The van der Waals surface area contributed by atoms with E-state index in [4.69, 9.17) is 0 Å². The maximum absolute atomic E-state index is 11.8. The number of carbonyl (C=O) groups is 1. The van der Waals surface area contributed by atoms with E-state index in [0.29, 0.717) is 22.6 Å². The standard InChI is InChI=1S/C9H7N5O3S/c1-2-13-6-4-5(12-9(13)15)8(14(16)17)18-7(4)11-3-10-6/h3H,2H2,1H3,(H,12,15). The third kappa shape index (κ3) is 1.27. The molecule has 2 aromatic heterocycles. The van der Waals surface area contributed by atoms with Gasteiger partial charge in [0.05, 0.1) is 10.3 Å². The van der Waals surface area contributed by atoms with Crippen molar-refractivity contribution in [3.05, 3.63) is 16.4 Å². The molecule has 0 aliphatic carbocycles. The van der Waals surface area contributed by atoms with Gasteiger partial charge in [0.25, 0.3) is 0 Å². The lowest BCUT2D eigenvalue weighted by Gasteiger charge is -2.24. The maximum atomic E-state index is 11.8. The van der Waals surface area contributed by atoms with Gasteiger partial charge in [-0.25, -0.2) is 14.8 Å². The highest BCUT2D eigenvalue weighted by Crippen LogP contribution is 2.46. The smallest absolute Gasteiger partial charge is 0.300 e. The highest BCUT2D eigenvalue weighted by atomic mass is 32.1. The van der Waals surface area contributed by atoms with Gasteiger partial charge in [0, 0.05) is 6.54 Å². The first-order valence-electron chi connectivity index (χ1n) is 5.14. The Bertz CT molecular complexity index is 682. The van der Waals surface area contributed by atoms with E-state index < -0.39 is 11.0 Å². The van der Waals surface area contributed by atoms with Gasteiger partial charge in [0.2, 0.25) is 0 Å². The largest absolute Gasteiger partial charge is 0.350 e. The molecule has 92 valence electrons. The minimum atomic E-state index is -0.520. The number of carbonyl (C=O) groups excluding carboxylic acids is 1. The molecule has 0 unspecified atom stereocenters. The van der Waals surface area contributed by atoms with Crippen LogP contribution in [0, 0.1) is 10.1 Å². The van der Waals surface area contributed by atoms with Crippen LogP contribution in [0.4, 0.5) is 21.3 Å². The van der Waals surface area contributed by atoms with Crippen molar-refractivity contribution in [2.24, 2.45) is 0 Å². The average molecular weight is 265 g/mol. The summed E-state index contributed by atoms with van der Waals surface area (Å²) in [4.78, 5) is 32.2. The molecule has 0 bridgehead atoms. The summed E-state index contributed by atoms with van der Waals surface area (Å²) >= 11 is 0.934. The van der Waals surface area contributed by atoms with E-state index in [1.165, 1.54) is 11.2 Å². The first-order valence-corrected chi connectivity index (χ1v) is 5.95. The van der Waals surface area contributed by atoms with E-state index in [-0.39, 0.29) is 10.7 Å². The van der Waals surface area contributed by atoms with E-state index in [9.17, 15) is 14.9 Å². The Balaban J connectivity index is 2.38. The molecule has 1 aliphatic rings. The molecule has 0 saturated carbocycles. The normalized spacial score (nSPS) is 13.8. The number of rotatable bonds is 2. The van der Waals surface area contributed by atoms with Crippen molar-refractivity contribution in [3.63, 3.8) is 0 Å². The molecular weight excluding hydrogens is 258 g/mol. The lowest BCUT2D eigenvalue weighted by atomic mass is 10.2. The fourth-order valence-corrected chi connectivity index (χ4v) is 2.83. The fraction of sp³-hybridized carbons (Fsp3) is 0.222. The Labute approximate surface area is 104 Å². The van der Waals surface area contributed by atoms with Crippen LogP contribution in [0.3, 0.4) is 0 Å². The molecule has 2 amide bonds. The Morgan fingerprint density at radius 1 is 1.56 bits per heavy atom. The van der Waals surface area contributed by atoms with Crippen molar-refractivity contribution in [1.29, 1.82) is 0 Å². The van der Waals surface area contributed by atoms with Gasteiger partial charge in [0.1, 0.15) is 16.8 Å². The number of anilines is 2. The van der Waals surface area contributed by atoms with Gasteiger partial charge in [-0.3, -0.25) is 15.0 Å². The molecule has 2 aromatic rings. The molecule has 1 N–H and O–H groups in total. The number of amides is 2. The predicted octanol–water partition coefficient (Wildman–Crippen LogP) is 1.97. The minimum Gasteiger partial charge on any atom is -0.300 e. The molecule has 0 spiro atoms. The zero-order valence-corrected chi connectivity index (χ0v) is 10.0. The topological polar surface area (TPSA) is 101 Å². The second-order valence-electron chi connectivity index (χ2n) is 3.59. The quantitative estimate of drug-likeness (QED) is 0.660. The summed E-state index contributed by atoms with van der Waals surface area (Å²) in [6.45, 7) is 2.24. The summed E-state index contributed by atoms with van der Waals surface area (Å²) < 4.78 is 0. The van der Waals surface area contributed by atoms with Gasteiger partial charge >= 0.3 is 11.0 Å². The zero-order valence-electron chi connectivity index (χ0n) is 9.21. The van der Waals surface area contributed by atoms with Crippen LogP contribution < -0.4 is 10.2 Å². The molecule has 0 aromatic carbocycles. The molecule has 1 aliphatic heterocycles. The summed E-state index contributed by atoms with van der Waals surface area (Å²) in [7, 11) is 0. The highest BCUT2D eigenvalue weighted by molar-refractivity contribution is 7.22. The number of hydrogen-bond acceptors (Lipinski definition) is 6. The molecule has 3 rings (SSSR count). The first-order chi connectivity index (χ1) is 8.63. The predicted molar refractivity (Wildman–Crippen MR) is 66.1 cm³/mol. The molecular formula is C9H7N5O3S. The van der Waals surface area contributed by atoms with Crippen LogP contribution in [0.2, 0.25) is 0 Å². The Morgan fingerprint density at radius 3 is 3.00 bits per heavy atom. The Kier molecular flexibility index (Phi) is 2.17. The molecule has 0 radical (unpaired) electrons. The van der Waals surface area contributed by atoms with Crippen molar-refractivity contribution >= 4 is 44.1 Å². The van der Waals surface area contributed by atoms with E-state index in [1.54, 1.807) is 6.92 Å². The maximum Gasteiger partial charge on any atom is 0.350 e. The molecule has 0 fully saturated rings. The number of nitrogens with zero attached hydrogens (tertiary/aromatic N) is 4. The number of nitro groups is 1. The SMILES string of the molecule is CCN1C(=O)Nc2c([N+](=O)[O-])sc3ncnc1c23. The molecule has 18 heavy (non-hydrogen) atoms. The summed E-state index contributed by atoms with van der Waals surface area (Å²) in [5.41, 5.74) is 0.199. The lowest BCUT2D eigenvalue weighted by molar-refractivity contribution is -0.379. The second kappa shape index (κ2) is 3.60. The Hall–Kier alpha value is -2.29. The third-order valence-corrected chi connectivity index (χ3v) is 3.71. The summed E-state index contributed by atoms with van der Waals surface area (Å²) in [5, 5.41) is 13.9. The van der Waals surface area contributed by atoms with Gasteiger partial charge < -0.3 is 5.32 Å². The van der Waals surface area contributed by atoms with E-state index in [0.717, 1.165) is 11.3 Å². The van der Waals surface area contributed by atoms with Crippen LogP contribution in [-0.2, 0) is 0 Å². The van der Waals surface area contributed by atoms with Gasteiger partial charge in [-0.05, 0) is 18.3 Å². The molecule has 9 heteroatoms. The van der Waals surface area contributed by atoms with Crippen molar-refractivity contribution in [3.8, 4) is 0 Å². The number of aromatic nitrogens is 2. The van der Waals surface area contributed by atoms with Crippen molar-refractivity contribution in [1.82, 2.24) is 9.97 Å². The fourth-order valence-electron chi connectivity index (χ4n) is 1.92. The Morgan fingerprint density at radius 2 is 2.33 bits per heavy atom. The van der Waals surface area contributed by atoms with Crippen LogP contribution >= 0.6 is 11.3 Å². The van der Waals surface area contributed by atoms with Crippen LogP contribution in [-0.4, -0.2) is 27.5 Å². The van der Waals surface area contributed by atoms with E-state index in [2.05, 4.69) is 15.3 Å². The lowest BCUT2D eigenvalue weighted by Crippen LogP contribution is -2.38. The summed E-state index contributed by atoms with van der Waals surface area (Å²) in [6.07, 6.45) is 1.31. The van der Waals surface area contributed by atoms with Crippen molar-refractivity contribution < 1.29 is 9.72 Å². The third-order valence-electron chi connectivity index (χ3n) is 2.66. The minimum absolute atomic E-state index is 0.115. The number of thiophene rings is 1. The monoisotopic (exact) mass is 265 g/mol. The number of hydrogen-bond donors (Lipinski definition) is 1. The van der Waals surface area contributed by atoms with Crippen molar-refractivity contribution in [2.45, 2.75) is 6.92 Å². The van der Waals surface area contributed by atoms with Crippen LogP contribution in [0.25, 0.3) is 10.2 Å². The van der Waals surface area contributed by atoms with Gasteiger partial charge in [-0.15, -0.1) is 0 Å². The number of nitrogens with one attached hydrogen (secondary N) is 1. The van der Waals surface area contributed by atoms with Gasteiger partial charge in [-0.1, -0.05) is 0 Å². The highest BCUT2D eigenvalue weighted by Gasteiger charge is 2.34. The molecule has 0 saturated heterocycles. The van der Waals surface area contributed by atoms with Crippen molar-refractivity contribution in [2.75, 3.05) is 16.8 Å². The summed E-state index contributed by atoms with van der Waals surface area (Å²) in [6, 6.07) is -0.411. The van der Waals surface area contributed by atoms with Gasteiger partial charge in [-0.2, -0.15) is 0 Å². The van der Waals surface area contributed by atoms with Gasteiger partial charge in [0.15, 0.2) is 5.82 Å². The molecule has 3 heterocycles. The van der Waals surface area contributed by atoms with E-state index in [1.807, 2.05) is 0 Å². The average Bonchev–Trinajstić information content (AvgIpc) is 2.70. The number of urea groups is 1.